The third kappa shape index (κ3) is 1.92. The zero-order valence-electron chi connectivity index (χ0n) is 12.8. The topological polar surface area (TPSA) is 41.8 Å². The first-order chi connectivity index (χ1) is 10.2. The van der Waals surface area contributed by atoms with E-state index in [1.165, 1.54) is 38.0 Å². The molecule has 0 aromatic carbocycles. The van der Waals surface area contributed by atoms with Gasteiger partial charge in [0.15, 0.2) is 10.4 Å². The third-order valence-corrected chi connectivity index (χ3v) is 5.46. The predicted molar refractivity (Wildman–Crippen MR) is 86.1 cm³/mol. The fraction of sp³-hybridized carbons (Fsp3) is 0.733. The Morgan fingerprint density at radius 2 is 2.14 bits per heavy atom. The van der Waals surface area contributed by atoms with Crippen molar-refractivity contribution >= 4 is 23.4 Å². The molecule has 0 spiro atoms. The Hall–Kier alpha value is -1.14. The molecule has 2 fully saturated rings. The van der Waals surface area contributed by atoms with Crippen LogP contribution < -0.4 is 0 Å². The molecule has 1 N–H and O–H groups in total. The van der Waals surface area contributed by atoms with Gasteiger partial charge in [0.2, 0.25) is 0 Å². The van der Waals surface area contributed by atoms with Gasteiger partial charge in [-0.25, -0.2) is 0 Å². The van der Waals surface area contributed by atoms with Gasteiger partial charge in [-0.1, -0.05) is 13.3 Å². The van der Waals surface area contributed by atoms with E-state index in [-0.39, 0.29) is 0 Å². The highest BCUT2D eigenvalue weighted by molar-refractivity contribution is 7.71. The maximum atomic E-state index is 5.65. The number of imidazole rings is 1. The number of H-pyrrole nitrogens is 1. The van der Waals surface area contributed by atoms with E-state index < -0.39 is 0 Å². The van der Waals surface area contributed by atoms with Crippen LogP contribution >= 0.6 is 12.2 Å². The van der Waals surface area contributed by atoms with E-state index in [0.717, 1.165) is 28.8 Å². The molecule has 114 valence electrons. The number of nitrogens with zero attached hydrogens (tertiary/aromatic N) is 4. The van der Waals surface area contributed by atoms with Gasteiger partial charge in [0.05, 0.1) is 11.7 Å². The smallest absolute Gasteiger partial charge is 0.179 e. The molecule has 2 aromatic rings. The second kappa shape index (κ2) is 4.95. The van der Waals surface area contributed by atoms with Crippen LogP contribution in [0.4, 0.5) is 0 Å². The lowest BCUT2D eigenvalue weighted by Gasteiger charge is -2.21. The lowest BCUT2D eigenvalue weighted by atomic mass is 10.1. The van der Waals surface area contributed by atoms with Gasteiger partial charge in [0.25, 0.3) is 0 Å². The van der Waals surface area contributed by atoms with E-state index in [4.69, 9.17) is 17.3 Å². The van der Waals surface area contributed by atoms with Crippen molar-refractivity contribution in [1.82, 2.24) is 24.2 Å². The standard InChI is InChI=1S/C15H23N5S/c1-3-5-10-13-14(18(2)17-10)20(15(21)16-13)12-7-9-19-8-4-6-11(12)19/h11-12H,3-9H2,1-2H3,(H,16,21). The van der Waals surface area contributed by atoms with Gasteiger partial charge in [-0.05, 0) is 44.4 Å². The van der Waals surface area contributed by atoms with Crippen molar-refractivity contribution in [1.29, 1.82) is 0 Å². The fourth-order valence-electron chi connectivity index (χ4n) is 4.31. The summed E-state index contributed by atoms with van der Waals surface area (Å²) in [5, 5.41) is 4.70. The van der Waals surface area contributed by atoms with E-state index in [9.17, 15) is 0 Å². The molecule has 2 unspecified atom stereocenters. The van der Waals surface area contributed by atoms with Crippen LogP contribution in [-0.4, -0.2) is 43.4 Å². The van der Waals surface area contributed by atoms with Crippen LogP contribution in [0, 0.1) is 4.77 Å². The molecule has 0 aliphatic carbocycles. The number of aromatic amines is 1. The lowest BCUT2D eigenvalue weighted by molar-refractivity contribution is 0.290. The van der Waals surface area contributed by atoms with Crippen molar-refractivity contribution < 1.29 is 0 Å². The summed E-state index contributed by atoms with van der Waals surface area (Å²) in [5.41, 5.74) is 3.49. The molecular weight excluding hydrogens is 282 g/mol. The van der Waals surface area contributed by atoms with Crippen molar-refractivity contribution in [2.45, 2.75) is 51.1 Å². The molecule has 2 atom stereocenters. The number of rotatable bonds is 3. The van der Waals surface area contributed by atoms with Crippen molar-refractivity contribution in [3.05, 3.63) is 10.5 Å². The average Bonchev–Trinajstić information content (AvgIpc) is 3.15. The van der Waals surface area contributed by atoms with Crippen molar-refractivity contribution in [3.63, 3.8) is 0 Å². The van der Waals surface area contributed by atoms with Crippen LogP contribution in [0.25, 0.3) is 11.2 Å². The van der Waals surface area contributed by atoms with Gasteiger partial charge >= 0.3 is 0 Å². The minimum atomic E-state index is 0.513. The maximum Gasteiger partial charge on any atom is 0.179 e. The quantitative estimate of drug-likeness (QED) is 0.887. The van der Waals surface area contributed by atoms with E-state index in [2.05, 4.69) is 21.4 Å². The molecule has 4 rings (SSSR count). The molecule has 6 heteroatoms. The molecule has 0 amide bonds. The first kappa shape index (κ1) is 13.5. The van der Waals surface area contributed by atoms with Crippen LogP contribution in [0.5, 0.6) is 0 Å². The minimum Gasteiger partial charge on any atom is -0.328 e. The molecule has 5 nitrogen and oxygen atoms in total. The summed E-state index contributed by atoms with van der Waals surface area (Å²) in [6.45, 7) is 4.66. The molecule has 4 heterocycles. The maximum absolute atomic E-state index is 5.65. The van der Waals surface area contributed by atoms with Gasteiger partial charge in [-0.2, -0.15) is 5.10 Å². The predicted octanol–water partition coefficient (Wildman–Crippen LogP) is 2.79. The zero-order chi connectivity index (χ0) is 14.6. The number of hydrogen-bond donors (Lipinski definition) is 1. The van der Waals surface area contributed by atoms with Crippen LogP contribution in [-0.2, 0) is 13.5 Å². The minimum absolute atomic E-state index is 0.513. The number of aromatic nitrogens is 4. The summed E-state index contributed by atoms with van der Waals surface area (Å²) in [6.07, 6.45) is 5.96. The van der Waals surface area contributed by atoms with Crippen molar-refractivity contribution in [2.24, 2.45) is 7.05 Å². The van der Waals surface area contributed by atoms with Gasteiger partial charge in [0.1, 0.15) is 5.52 Å². The van der Waals surface area contributed by atoms with Crippen molar-refractivity contribution in [2.75, 3.05) is 13.1 Å². The molecule has 2 saturated heterocycles. The van der Waals surface area contributed by atoms with E-state index in [0.29, 0.717) is 12.1 Å². The second-order valence-corrected chi connectivity index (χ2v) is 6.81. The number of fused-ring (bicyclic) bond motifs is 2. The summed E-state index contributed by atoms with van der Waals surface area (Å²) in [7, 11) is 2.04. The summed E-state index contributed by atoms with van der Waals surface area (Å²) in [5.74, 6) is 0. The van der Waals surface area contributed by atoms with E-state index in [1.54, 1.807) is 0 Å². The van der Waals surface area contributed by atoms with Crippen LogP contribution in [0.2, 0.25) is 0 Å². The van der Waals surface area contributed by atoms with Crippen LogP contribution in [0.1, 0.15) is 44.3 Å². The largest absolute Gasteiger partial charge is 0.328 e. The van der Waals surface area contributed by atoms with Gasteiger partial charge in [-0.15, -0.1) is 0 Å². The highest BCUT2D eigenvalue weighted by atomic mass is 32.1. The van der Waals surface area contributed by atoms with Gasteiger partial charge in [0, 0.05) is 19.6 Å². The van der Waals surface area contributed by atoms with Gasteiger partial charge in [-0.3, -0.25) is 14.1 Å². The Bertz CT molecular complexity index is 724. The Kier molecular flexibility index (Phi) is 3.19. The monoisotopic (exact) mass is 305 g/mol. The van der Waals surface area contributed by atoms with E-state index >= 15 is 0 Å². The lowest BCUT2D eigenvalue weighted by Crippen LogP contribution is -2.28. The molecule has 2 aliphatic heterocycles. The highest BCUT2D eigenvalue weighted by Crippen LogP contribution is 2.38. The Labute approximate surface area is 129 Å². The summed E-state index contributed by atoms with van der Waals surface area (Å²) < 4.78 is 5.24. The highest BCUT2D eigenvalue weighted by Gasteiger charge is 2.39. The molecular formula is C15H23N5S. The van der Waals surface area contributed by atoms with Crippen LogP contribution in [0.15, 0.2) is 0 Å². The SMILES string of the molecule is CCCc1nn(C)c2c1[nH]c(=S)n2C1CCN2CCCC12. The fourth-order valence-corrected chi connectivity index (χ4v) is 4.64. The molecule has 0 radical (unpaired) electrons. The van der Waals surface area contributed by atoms with Crippen LogP contribution in [0.3, 0.4) is 0 Å². The molecule has 2 aliphatic rings. The number of nitrogens with one attached hydrogen (secondary N) is 1. The van der Waals surface area contributed by atoms with E-state index in [1.807, 2.05) is 11.7 Å². The number of hydrogen-bond acceptors (Lipinski definition) is 3. The normalized spacial score (nSPS) is 26.0. The first-order valence-electron chi connectivity index (χ1n) is 8.11. The molecule has 0 bridgehead atoms. The number of aryl methyl sites for hydroxylation is 2. The summed E-state index contributed by atoms with van der Waals surface area (Å²) in [6, 6.07) is 1.18. The Morgan fingerprint density at radius 1 is 1.29 bits per heavy atom. The molecule has 0 saturated carbocycles. The summed E-state index contributed by atoms with van der Waals surface area (Å²) >= 11 is 5.65. The third-order valence-electron chi connectivity index (χ3n) is 5.16. The van der Waals surface area contributed by atoms with Crippen molar-refractivity contribution in [3.8, 4) is 0 Å². The molecule has 21 heavy (non-hydrogen) atoms. The Morgan fingerprint density at radius 3 is 2.95 bits per heavy atom. The first-order valence-corrected chi connectivity index (χ1v) is 8.51. The second-order valence-electron chi connectivity index (χ2n) is 6.42. The Balaban J connectivity index is 1.85. The van der Waals surface area contributed by atoms with Gasteiger partial charge < -0.3 is 4.98 Å². The zero-order valence-corrected chi connectivity index (χ0v) is 13.6. The average molecular weight is 305 g/mol. The summed E-state index contributed by atoms with van der Waals surface area (Å²) in [4.78, 5) is 6.07. The molecule has 2 aromatic heterocycles.